The topological polar surface area (TPSA) is 47.7 Å². The zero-order valence-corrected chi connectivity index (χ0v) is 14.2. The molecule has 2 N–H and O–H groups in total. The second kappa shape index (κ2) is 9.26. The summed E-state index contributed by atoms with van der Waals surface area (Å²) in [5.41, 5.74) is 8.01. The van der Waals surface area contributed by atoms with Gasteiger partial charge in [0.05, 0.1) is 13.2 Å². The average molecular weight is 315 g/mol. The minimum absolute atomic E-state index is 0.102. The molecule has 1 aromatic carbocycles. The summed E-state index contributed by atoms with van der Waals surface area (Å²) >= 11 is 6.39. The van der Waals surface area contributed by atoms with Crippen LogP contribution in [0.2, 0.25) is 5.02 Å². The largest absolute Gasteiger partial charge is 0.383 e. The molecule has 0 bridgehead atoms. The van der Waals surface area contributed by atoms with Gasteiger partial charge in [-0.05, 0) is 38.0 Å². The molecule has 4 nitrogen and oxygen atoms in total. The normalized spacial score (nSPS) is 14.0. The Morgan fingerprint density at radius 1 is 1.24 bits per heavy atom. The predicted molar refractivity (Wildman–Crippen MR) is 89.4 cm³/mol. The van der Waals surface area contributed by atoms with E-state index in [1.807, 2.05) is 13.0 Å². The quantitative estimate of drug-likeness (QED) is 0.761. The number of ether oxygens (including phenoxy) is 2. The van der Waals surface area contributed by atoms with Gasteiger partial charge in [0.25, 0.3) is 0 Å². The van der Waals surface area contributed by atoms with Crippen molar-refractivity contribution >= 4 is 17.3 Å². The van der Waals surface area contributed by atoms with E-state index in [0.29, 0.717) is 13.2 Å². The Balaban J connectivity index is 2.93. The highest BCUT2D eigenvalue weighted by Gasteiger charge is 2.16. The van der Waals surface area contributed by atoms with Gasteiger partial charge in [-0.1, -0.05) is 17.7 Å². The van der Waals surface area contributed by atoms with Gasteiger partial charge >= 0.3 is 0 Å². The van der Waals surface area contributed by atoms with E-state index in [1.54, 1.807) is 14.2 Å². The fourth-order valence-electron chi connectivity index (χ4n) is 2.35. The fraction of sp³-hybridized carbons (Fsp3) is 0.625. The minimum atomic E-state index is 0.102. The van der Waals surface area contributed by atoms with Crippen LogP contribution >= 0.6 is 11.6 Å². The maximum Gasteiger partial charge on any atom is 0.0663 e. The standard InChI is InChI=1S/C16H27ClN2O2/c1-12(18)9-14-5-6-15(10-16(14)17)19(7-8-20-3)13(2)11-21-4/h5-6,10,12-13H,7-9,11,18H2,1-4H3. The highest BCUT2D eigenvalue weighted by atomic mass is 35.5. The first-order valence-corrected chi connectivity index (χ1v) is 7.65. The van der Waals surface area contributed by atoms with E-state index in [2.05, 4.69) is 24.0 Å². The summed E-state index contributed by atoms with van der Waals surface area (Å²) < 4.78 is 10.5. The molecule has 0 aromatic heterocycles. The molecular formula is C16H27ClN2O2. The molecule has 0 spiro atoms. The molecule has 0 fully saturated rings. The highest BCUT2D eigenvalue weighted by molar-refractivity contribution is 6.31. The minimum Gasteiger partial charge on any atom is -0.383 e. The molecule has 1 aromatic rings. The molecule has 0 saturated heterocycles. The number of methoxy groups -OCH3 is 2. The summed E-state index contributed by atoms with van der Waals surface area (Å²) in [6, 6.07) is 6.50. The summed E-state index contributed by atoms with van der Waals surface area (Å²) in [6.07, 6.45) is 0.783. The molecular weight excluding hydrogens is 288 g/mol. The van der Waals surface area contributed by atoms with E-state index < -0.39 is 0 Å². The lowest BCUT2D eigenvalue weighted by Crippen LogP contribution is -2.38. The number of nitrogens with two attached hydrogens (primary N) is 1. The van der Waals surface area contributed by atoms with E-state index in [1.165, 1.54) is 0 Å². The van der Waals surface area contributed by atoms with Crippen molar-refractivity contribution in [1.29, 1.82) is 0 Å². The second-order valence-corrected chi connectivity index (χ2v) is 5.85. The third-order valence-corrected chi connectivity index (χ3v) is 3.74. The predicted octanol–water partition coefficient (Wildman–Crippen LogP) is 2.72. The smallest absolute Gasteiger partial charge is 0.0663 e. The Hall–Kier alpha value is -0.810. The number of benzene rings is 1. The summed E-state index contributed by atoms with van der Waals surface area (Å²) in [5.74, 6) is 0. The van der Waals surface area contributed by atoms with Crippen molar-refractivity contribution in [3.8, 4) is 0 Å². The summed E-state index contributed by atoms with van der Waals surface area (Å²) in [7, 11) is 3.42. The number of hydrogen-bond donors (Lipinski definition) is 1. The lowest BCUT2D eigenvalue weighted by Gasteiger charge is -2.31. The lowest BCUT2D eigenvalue weighted by molar-refractivity contribution is 0.171. The van der Waals surface area contributed by atoms with Gasteiger partial charge in [0.15, 0.2) is 0 Å². The van der Waals surface area contributed by atoms with Crippen LogP contribution in [0.5, 0.6) is 0 Å². The van der Waals surface area contributed by atoms with Crippen molar-refractivity contribution < 1.29 is 9.47 Å². The first-order valence-electron chi connectivity index (χ1n) is 7.28. The van der Waals surface area contributed by atoms with E-state index in [9.17, 15) is 0 Å². The van der Waals surface area contributed by atoms with Gasteiger partial charge < -0.3 is 20.1 Å². The van der Waals surface area contributed by atoms with Gasteiger partial charge in [-0.15, -0.1) is 0 Å². The van der Waals surface area contributed by atoms with E-state index in [4.69, 9.17) is 26.8 Å². The molecule has 0 aliphatic heterocycles. The molecule has 0 aliphatic rings. The van der Waals surface area contributed by atoms with Crippen LogP contribution in [0.3, 0.4) is 0 Å². The molecule has 0 heterocycles. The zero-order valence-electron chi connectivity index (χ0n) is 13.4. The molecule has 0 saturated carbocycles. The first-order chi connectivity index (χ1) is 9.99. The lowest BCUT2D eigenvalue weighted by atomic mass is 10.1. The average Bonchev–Trinajstić information content (AvgIpc) is 2.42. The Kier molecular flexibility index (Phi) is 8.04. The van der Waals surface area contributed by atoms with Crippen LogP contribution in [0.25, 0.3) is 0 Å². The van der Waals surface area contributed by atoms with Crippen LogP contribution in [0.1, 0.15) is 19.4 Å². The van der Waals surface area contributed by atoms with Crippen molar-refractivity contribution in [2.24, 2.45) is 5.73 Å². The Labute approximate surface area is 133 Å². The Bertz CT molecular complexity index is 427. The maximum atomic E-state index is 6.39. The molecule has 0 amide bonds. The van der Waals surface area contributed by atoms with Gasteiger partial charge in [0, 0.05) is 43.6 Å². The number of hydrogen-bond acceptors (Lipinski definition) is 4. The summed E-state index contributed by atoms with van der Waals surface area (Å²) in [4.78, 5) is 2.24. The number of rotatable bonds is 9. The van der Waals surface area contributed by atoms with Gasteiger partial charge in [-0.3, -0.25) is 0 Å². The van der Waals surface area contributed by atoms with Crippen LogP contribution in [0, 0.1) is 0 Å². The summed E-state index contributed by atoms with van der Waals surface area (Å²) in [5, 5.41) is 0.761. The van der Waals surface area contributed by atoms with Crippen molar-refractivity contribution in [1.82, 2.24) is 0 Å². The molecule has 21 heavy (non-hydrogen) atoms. The molecule has 0 aliphatic carbocycles. The molecule has 5 heteroatoms. The molecule has 0 radical (unpaired) electrons. The molecule has 1 rings (SSSR count). The van der Waals surface area contributed by atoms with Gasteiger partial charge in [0.1, 0.15) is 0 Å². The van der Waals surface area contributed by atoms with Crippen molar-refractivity contribution in [2.75, 3.05) is 38.9 Å². The van der Waals surface area contributed by atoms with Crippen LogP contribution in [0.4, 0.5) is 5.69 Å². The van der Waals surface area contributed by atoms with E-state index in [0.717, 1.165) is 29.2 Å². The van der Waals surface area contributed by atoms with Gasteiger partial charge in [-0.25, -0.2) is 0 Å². The first kappa shape index (κ1) is 18.2. The maximum absolute atomic E-state index is 6.39. The molecule has 2 unspecified atom stereocenters. The SMILES string of the molecule is COCCN(c1ccc(CC(C)N)c(Cl)c1)C(C)COC. The fourth-order valence-corrected chi connectivity index (χ4v) is 2.60. The molecule has 120 valence electrons. The van der Waals surface area contributed by atoms with Gasteiger partial charge in [0.2, 0.25) is 0 Å². The number of halogens is 1. The van der Waals surface area contributed by atoms with E-state index in [-0.39, 0.29) is 12.1 Å². The van der Waals surface area contributed by atoms with Crippen LogP contribution in [-0.2, 0) is 15.9 Å². The van der Waals surface area contributed by atoms with Crippen molar-refractivity contribution in [3.05, 3.63) is 28.8 Å². The van der Waals surface area contributed by atoms with Crippen molar-refractivity contribution in [2.45, 2.75) is 32.4 Å². The van der Waals surface area contributed by atoms with Crippen LogP contribution in [-0.4, -0.2) is 46.1 Å². The summed E-state index contributed by atoms with van der Waals surface area (Å²) in [6.45, 7) is 6.22. The van der Waals surface area contributed by atoms with Gasteiger partial charge in [-0.2, -0.15) is 0 Å². The Morgan fingerprint density at radius 3 is 2.48 bits per heavy atom. The zero-order chi connectivity index (χ0) is 15.8. The number of nitrogens with zero attached hydrogens (tertiary/aromatic N) is 1. The second-order valence-electron chi connectivity index (χ2n) is 5.45. The molecule has 2 atom stereocenters. The van der Waals surface area contributed by atoms with Crippen molar-refractivity contribution in [3.63, 3.8) is 0 Å². The Morgan fingerprint density at radius 2 is 1.95 bits per heavy atom. The monoisotopic (exact) mass is 314 g/mol. The third kappa shape index (κ3) is 5.83. The van der Waals surface area contributed by atoms with Crippen LogP contribution < -0.4 is 10.6 Å². The van der Waals surface area contributed by atoms with E-state index >= 15 is 0 Å². The number of anilines is 1. The highest BCUT2D eigenvalue weighted by Crippen LogP contribution is 2.26. The van der Waals surface area contributed by atoms with Crippen LogP contribution in [0.15, 0.2) is 18.2 Å². The third-order valence-electron chi connectivity index (χ3n) is 3.39.